The summed E-state index contributed by atoms with van der Waals surface area (Å²) in [5.74, 6) is -0.947. The van der Waals surface area contributed by atoms with Crippen LogP contribution in [0.2, 0.25) is 0 Å². The molecule has 1 fully saturated rings. The van der Waals surface area contributed by atoms with E-state index in [1.807, 2.05) is 32.6 Å². The van der Waals surface area contributed by atoms with E-state index in [2.05, 4.69) is 25.7 Å². The molecule has 4 N–H and O–H groups in total. The van der Waals surface area contributed by atoms with Crippen LogP contribution in [0.15, 0.2) is 36.8 Å². The molecule has 11 heteroatoms. The number of aryl methyl sites for hydroxylation is 1. The van der Waals surface area contributed by atoms with Gasteiger partial charge in [-0.3, -0.25) is 14.3 Å². The summed E-state index contributed by atoms with van der Waals surface area (Å²) in [5.41, 5.74) is 6.78. The predicted molar refractivity (Wildman–Crippen MR) is 139 cm³/mol. The Balaban J connectivity index is 1.54. The summed E-state index contributed by atoms with van der Waals surface area (Å²) in [5, 5.41) is 10.2. The Morgan fingerprint density at radius 2 is 1.97 bits per heavy atom. The molecule has 3 aromatic rings. The van der Waals surface area contributed by atoms with Gasteiger partial charge in [-0.2, -0.15) is 5.10 Å². The van der Waals surface area contributed by atoms with Crippen molar-refractivity contribution in [2.24, 2.45) is 12.8 Å². The van der Waals surface area contributed by atoms with E-state index in [-0.39, 0.29) is 34.6 Å². The smallest absolute Gasteiger partial charge is 0.271 e. The van der Waals surface area contributed by atoms with Crippen LogP contribution in [0.1, 0.15) is 66.9 Å². The minimum atomic E-state index is -0.707. The predicted octanol–water partition coefficient (Wildman–Crippen LogP) is 3.28. The molecule has 1 saturated heterocycles. The van der Waals surface area contributed by atoms with Crippen LogP contribution in [0, 0.1) is 5.82 Å². The fraction of sp³-hybridized carbons (Fsp3) is 0.423. The normalized spacial score (nSPS) is 17.9. The van der Waals surface area contributed by atoms with Crippen LogP contribution in [-0.2, 0) is 12.5 Å². The van der Waals surface area contributed by atoms with Gasteiger partial charge in [0.1, 0.15) is 11.6 Å². The molecule has 2 amide bonds. The van der Waals surface area contributed by atoms with Gasteiger partial charge < -0.3 is 21.3 Å². The molecule has 37 heavy (non-hydrogen) atoms. The highest BCUT2D eigenvalue weighted by Gasteiger charge is 2.32. The molecule has 3 heterocycles. The van der Waals surface area contributed by atoms with E-state index in [4.69, 9.17) is 5.73 Å². The van der Waals surface area contributed by atoms with Gasteiger partial charge in [0.05, 0.1) is 23.6 Å². The van der Waals surface area contributed by atoms with Crippen molar-refractivity contribution in [3.63, 3.8) is 0 Å². The Bertz CT molecular complexity index is 1320. The van der Waals surface area contributed by atoms with Gasteiger partial charge in [0.2, 0.25) is 0 Å². The summed E-state index contributed by atoms with van der Waals surface area (Å²) in [6, 6.07) is 4.37. The number of nitrogens with two attached hydrogens (primary N) is 1. The molecule has 1 aliphatic rings. The summed E-state index contributed by atoms with van der Waals surface area (Å²) in [7, 11) is 1.77. The lowest BCUT2D eigenvalue weighted by atomic mass is 9.86. The maximum Gasteiger partial charge on any atom is 0.271 e. The fourth-order valence-electron chi connectivity index (χ4n) is 4.48. The van der Waals surface area contributed by atoms with Crippen molar-refractivity contribution in [3.8, 4) is 0 Å². The summed E-state index contributed by atoms with van der Waals surface area (Å²) < 4.78 is 16.4. The Hall–Kier alpha value is -4.02. The minimum Gasteiger partial charge on any atom is -0.364 e. The van der Waals surface area contributed by atoms with Crippen molar-refractivity contribution < 1.29 is 14.0 Å². The number of hydrogen-bond acceptors (Lipinski definition) is 7. The van der Waals surface area contributed by atoms with Gasteiger partial charge in [-0.15, -0.1) is 0 Å². The minimum absolute atomic E-state index is 0.0105. The Morgan fingerprint density at radius 1 is 1.22 bits per heavy atom. The zero-order valence-corrected chi connectivity index (χ0v) is 21.7. The number of benzene rings is 1. The molecule has 1 aliphatic heterocycles. The van der Waals surface area contributed by atoms with Crippen molar-refractivity contribution >= 4 is 29.1 Å². The second-order valence-corrected chi connectivity index (χ2v) is 10.4. The number of carbonyl (C=O) groups is 2. The Kier molecular flexibility index (Phi) is 7.15. The van der Waals surface area contributed by atoms with E-state index in [1.54, 1.807) is 36.3 Å². The first-order valence-electron chi connectivity index (χ1n) is 12.2. The number of piperidine rings is 1. The maximum absolute atomic E-state index is 14.8. The van der Waals surface area contributed by atoms with Gasteiger partial charge in [-0.05, 0) is 42.9 Å². The molecule has 10 nitrogen and oxygen atoms in total. The lowest BCUT2D eigenvalue weighted by Gasteiger charge is -2.40. The van der Waals surface area contributed by atoms with Gasteiger partial charge in [-0.1, -0.05) is 26.8 Å². The second kappa shape index (κ2) is 10.2. The molecular weight excluding hydrogens is 475 g/mol. The third-order valence-electron chi connectivity index (χ3n) is 6.64. The molecule has 4 rings (SSSR count). The standard InChI is InChI=1S/C26H33FN8O2/c1-15-20(32-25(37)18-9-8-16(11-19(18)27)26(2,3)4)7-6-10-35(15)21-13-29-22(23(28)36)24(33-21)31-17-12-30-34(5)14-17/h8-9,11-15,20H,6-7,10H2,1-5H3,(H2,28,36)(H,31,33)(H,32,37)/t15-,20-/m1/s1. The van der Waals surface area contributed by atoms with Crippen LogP contribution in [-0.4, -0.2) is 50.2 Å². The van der Waals surface area contributed by atoms with Crippen LogP contribution in [0.25, 0.3) is 0 Å². The van der Waals surface area contributed by atoms with E-state index in [1.165, 1.54) is 12.3 Å². The number of amides is 2. The maximum atomic E-state index is 14.8. The van der Waals surface area contributed by atoms with Crippen LogP contribution in [0.3, 0.4) is 0 Å². The third kappa shape index (κ3) is 5.71. The molecule has 0 radical (unpaired) electrons. The van der Waals surface area contributed by atoms with Crippen LogP contribution < -0.4 is 21.3 Å². The molecule has 0 spiro atoms. The van der Waals surface area contributed by atoms with Gasteiger partial charge in [0.15, 0.2) is 11.5 Å². The molecule has 196 valence electrons. The quantitative estimate of drug-likeness (QED) is 0.466. The molecule has 1 aromatic carbocycles. The highest BCUT2D eigenvalue weighted by molar-refractivity contribution is 5.96. The van der Waals surface area contributed by atoms with Crippen molar-refractivity contribution in [2.45, 2.75) is 58.0 Å². The average molecular weight is 509 g/mol. The van der Waals surface area contributed by atoms with Gasteiger partial charge >= 0.3 is 0 Å². The zero-order chi connectivity index (χ0) is 26.9. The van der Waals surface area contributed by atoms with Crippen molar-refractivity contribution in [1.29, 1.82) is 0 Å². The highest BCUT2D eigenvalue weighted by atomic mass is 19.1. The number of halogens is 1. The molecule has 2 atom stereocenters. The van der Waals surface area contributed by atoms with Gasteiger partial charge in [-0.25, -0.2) is 14.4 Å². The number of primary amides is 1. The van der Waals surface area contributed by atoms with Gasteiger partial charge in [0.25, 0.3) is 11.8 Å². The lowest BCUT2D eigenvalue weighted by molar-refractivity contribution is 0.0919. The Morgan fingerprint density at radius 3 is 2.59 bits per heavy atom. The van der Waals surface area contributed by atoms with Crippen LogP contribution in [0.4, 0.5) is 21.7 Å². The summed E-state index contributed by atoms with van der Waals surface area (Å²) >= 11 is 0. The number of nitrogens with one attached hydrogen (secondary N) is 2. The molecule has 0 bridgehead atoms. The Labute approximate surface area is 215 Å². The average Bonchev–Trinajstić information content (AvgIpc) is 3.23. The number of nitrogens with zero attached hydrogens (tertiary/aromatic N) is 5. The van der Waals surface area contributed by atoms with E-state index in [9.17, 15) is 14.0 Å². The number of aromatic nitrogens is 4. The molecule has 2 aromatic heterocycles. The van der Waals surface area contributed by atoms with E-state index >= 15 is 0 Å². The number of anilines is 3. The first kappa shape index (κ1) is 26.1. The molecule has 0 saturated carbocycles. The number of rotatable bonds is 6. The summed E-state index contributed by atoms with van der Waals surface area (Å²) in [6.07, 6.45) is 6.35. The van der Waals surface area contributed by atoms with Crippen LogP contribution in [0.5, 0.6) is 0 Å². The second-order valence-electron chi connectivity index (χ2n) is 10.4. The van der Waals surface area contributed by atoms with Crippen LogP contribution >= 0.6 is 0 Å². The summed E-state index contributed by atoms with van der Waals surface area (Å²) in [6.45, 7) is 8.64. The monoisotopic (exact) mass is 508 g/mol. The largest absolute Gasteiger partial charge is 0.364 e. The topological polar surface area (TPSA) is 131 Å². The number of carbonyl (C=O) groups excluding carboxylic acids is 2. The SMILES string of the molecule is C[C@@H]1[C@H](NC(=O)c2ccc(C(C)(C)C)cc2F)CCCN1c1cnc(C(N)=O)c(Nc2cnn(C)c2)n1. The first-order valence-corrected chi connectivity index (χ1v) is 12.2. The van der Waals surface area contributed by atoms with Gasteiger partial charge in [0, 0.05) is 31.9 Å². The van der Waals surface area contributed by atoms with E-state index < -0.39 is 17.6 Å². The molecular formula is C26H33FN8O2. The van der Waals surface area contributed by atoms with Crippen molar-refractivity contribution in [1.82, 2.24) is 25.1 Å². The van der Waals surface area contributed by atoms with Crippen molar-refractivity contribution in [3.05, 3.63) is 59.4 Å². The number of hydrogen-bond donors (Lipinski definition) is 3. The molecule has 0 unspecified atom stereocenters. The van der Waals surface area contributed by atoms with Crippen molar-refractivity contribution in [2.75, 3.05) is 16.8 Å². The summed E-state index contributed by atoms with van der Waals surface area (Å²) in [4.78, 5) is 35.8. The van der Waals surface area contributed by atoms with E-state index in [0.29, 0.717) is 18.1 Å². The van der Waals surface area contributed by atoms with E-state index in [0.717, 1.165) is 18.4 Å². The lowest BCUT2D eigenvalue weighted by Crippen LogP contribution is -2.54. The first-order chi connectivity index (χ1) is 17.4. The third-order valence-corrected chi connectivity index (χ3v) is 6.64. The highest BCUT2D eigenvalue weighted by Crippen LogP contribution is 2.27. The fourth-order valence-corrected chi connectivity index (χ4v) is 4.48. The zero-order valence-electron chi connectivity index (χ0n) is 21.7. The molecule has 0 aliphatic carbocycles.